The van der Waals surface area contributed by atoms with Gasteiger partial charge in [-0.2, -0.15) is 0 Å². The molecule has 3 fully saturated rings. The molecule has 17 unspecified atom stereocenters. The monoisotopic (exact) mass is 1040 g/mol. The predicted octanol–water partition coefficient (Wildman–Crippen LogP) is 3.65. The van der Waals surface area contributed by atoms with Gasteiger partial charge in [-0.05, 0) is 12.8 Å². The third kappa shape index (κ3) is 23.2. The summed E-state index contributed by atoms with van der Waals surface area (Å²) in [7, 11) is 0. The van der Waals surface area contributed by atoms with E-state index in [9.17, 15) is 61.0 Å². The summed E-state index contributed by atoms with van der Waals surface area (Å²) in [4.78, 5) is 13.3. The zero-order valence-corrected chi connectivity index (χ0v) is 43.9. The van der Waals surface area contributed by atoms with E-state index in [-0.39, 0.29) is 18.9 Å². The van der Waals surface area contributed by atoms with Gasteiger partial charge in [0.25, 0.3) is 0 Å². The second-order valence-corrected chi connectivity index (χ2v) is 20.8. The molecule has 3 aliphatic heterocycles. The van der Waals surface area contributed by atoms with Gasteiger partial charge in [0.05, 0.1) is 38.6 Å². The van der Waals surface area contributed by atoms with E-state index in [1.165, 1.54) is 122 Å². The number of nitrogens with one attached hydrogen (secondary N) is 1. The first-order valence-electron chi connectivity index (χ1n) is 28.3. The summed E-state index contributed by atoms with van der Waals surface area (Å²) in [6, 6.07) is -0.877. The number of aliphatic hydroxyl groups is 11. The number of hydrogen-bond donors (Lipinski definition) is 12. The highest BCUT2D eigenvalue weighted by atomic mass is 16.8. The van der Waals surface area contributed by atoms with Crippen LogP contribution in [0, 0.1) is 0 Å². The molecule has 3 heterocycles. The normalized spacial score (nSPS) is 31.9. The molecular weight excluding hydrogens is 939 g/mol. The largest absolute Gasteiger partial charge is 0.394 e. The molecule has 426 valence electrons. The fraction of sp³-hybridized carbons (Fsp3) is 0.981. The van der Waals surface area contributed by atoms with Gasteiger partial charge in [-0.1, -0.05) is 181 Å². The molecule has 17 atom stereocenters. The topological polar surface area (TPSA) is 307 Å². The van der Waals surface area contributed by atoms with Gasteiger partial charge in [-0.15, -0.1) is 0 Å². The van der Waals surface area contributed by atoms with Crippen LogP contribution in [0.2, 0.25) is 0 Å². The average molecular weight is 1040 g/mol. The number of unbranched alkanes of at least 4 members (excludes halogenated alkanes) is 25. The molecule has 72 heavy (non-hydrogen) atoms. The number of hydrogen-bond acceptors (Lipinski definition) is 18. The summed E-state index contributed by atoms with van der Waals surface area (Å²) in [5, 5.41) is 120. The Morgan fingerprint density at radius 3 is 1.21 bits per heavy atom. The summed E-state index contributed by atoms with van der Waals surface area (Å²) in [6.07, 6.45) is 6.55. The van der Waals surface area contributed by atoms with Crippen LogP contribution < -0.4 is 5.32 Å². The molecule has 3 rings (SSSR count). The van der Waals surface area contributed by atoms with Crippen LogP contribution in [0.5, 0.6) is 0 Å². The van der Waals surface area contributed by atoms with E-state index < -0.39 is 124 Å². The first-order chi connectivity index (χ1) is 34.8. The van der Waals surface area contributed by atoms with Gasteiger partial charge in [-0.25, -0.2) is 0 Å². The van der Waals surface area contributed by atoms with E-state index in [2.05, 4.69) is 19.2 Å². The predicted molar refractivity (Wildman–Crippen MR) is 268 cm³/mol. The number of rotatable bonds is 41. The minimum absolute atomic E-state index is 0.243. The lowest BCUT2D eigenvalue weighted by molar-refractivity contribution is -0.379. The Balaban J connectivity index is 1.47. The third-order valence-corrected chi connectivity index (χ3v) is 14.7. The smallest absolute Gasteiger partial charge is 0.220 e. The number of aliphatic hydroxyl groups excluding tert-OH is 11. The SMILES string of the molecule is CCCCCCCCCCCCCCCCCCCCCC(=O)NC(COC1OC(CO)C(OC2OC(CO)C(OC3OC(CO)C(O)C(O)C3O)C(O)C2O)C(O)C1O)C(O)CCCCCCCCCC. The van der Waals surface area contributed by atoms with Crippen molar-refractivity contribution in [3.05, 3.63) is 0 Å². The molecular formula is C53H101NO18. The van der Waals surface area contributed by atoms with Crippen LogP contribution in [-0.4, -0.2) is 193 Å². The van der Waals surface area contributed by atoms with Crippen LogP contribution in [0.15, 0.2) is 0 Å². The molecule has 0 saturated carbocycles. The summed E-state index contributed by atoms with van der Waals surface area (Å²) < 4.78 is 34.2. The average Bonchev–Trinajstić information content (AvgIpc) is 3.37. The van der Waals surface area contributed by atoms with Crippen LogP contribution in [0.3, 0.4) is 0 Å². The van der Waals surface area contributed by atoms with Crippen LogP contribution in [-0.2, 0) is 33.2 Å². The van der Waals surface area contributed by atoms with Gasteiger partial charge in [0.1, 0.15) is 73.2 Å². The minimum Gasteiger partial charge on any atom is -0.394 e. The summed E-state index contributed by atoms with van der Waals surface area (Å²) >= 11 is 0. The van der Waals surface area contributed by atoms with Gasteiger partial charge in [0.15, 0.2) is 18.9 Å². The molecule has 0 aliphatic carbocycles. The van der Waals surface area contributed by atoms with Crippen molar-refractivity contribution in [1.29, 1.82) is 0 Å². The second-order valence-electron chi connectivity index (χ2n) is 20.8. The highest BCUT2D eigenvalue weighted by molar-refractivity contribution is 5.76. The molecule has 3 aliphatic rings. The van der Waals surface area contributed by atoms with Gasteiger partial charge in [0.2, 0.25) is 5.91 Å². The Bertz CT molecular complexity index is 1340. The molecule has 0 spiro atoms. The lowest BCUT2D eigenvalue weighted by Crippen LogP contribution is -2.66. The van der Waals surface area contributed by atoms with Crippen LogP contribution >= 0.6 is 0 Å². The Morgan fingerprint density at radius 1 is 0.444 bits per heavy atom. The van der Waals surface area contributed by atoms with Crippen molar-refractivity contribution >= 4 is 5.91 Å². The maximum Gasteiger partial charge on any atom is 0.220 e. The van der Waals surface area contributed by atoms with E-state index in [1.807, 2.05) is 0 Å². The van der Waals surface area contributed by atoms with E-state index >= 15 is 0 Å². The lowest BCUT2D eigenvalue weighted by atomic mass is 9.96. The van der Waals surface area contributed by atoms with Crippen LogP contribution in [0.1, 0.15) is 200 Å². The lowest BCUT2D eigenvalue weighted by Gasteiger charge is -2.48. The molecule has 19 heteroatoms. The van der Waals surface area contributed by atoms with Crippen molar-refractivity contribution in [2.24, 2.45) is 0 Å². The number of amides is 1. The highest BCUT2D eigenvalue weighted by Gasteiger charge is 2.53. The Labute approximate surface area is 430 Å². The Kier molecular flexibility index (Phi) is 34.7. The molecule has 0 aromatic rings. The van der Waals surface area contributed by atoms with Gasteiger partial charge in [-0.3, -0.25) is 4.79 Å². The summed E-state index contributed by atoms with van der Waals surface area (Å²) in [6.45, 7) is 1.75. The number of carbonyl (C=O) groups is 1. The fourth-order valence-electron chi connectivity index (χ4n) is 9.96. The number of ether oxygens (including phenoxy) is 6. The van der Waals surface area contributed by atoms with Crippen molar-refractivity contribution < 1.29 is 89.4 Å². The van der Waals surface area contributed by atoms with Crippen molar-refractivity contribution in [2.45, 2.75) is 304 Å². The molecule has 0 bridgehead atoms. The van der Waals surface area contributed by atoms with E-state index in [4.69, 9.17) is 28.4 Å². The van der Waals surface area contributed by atoms with Crippen LogP contribution in [0.4, 0.5) is 0 Å². The van der Waals surface area contributed by atoms with Crippen molar-refractivity contribution in [3.8, 4) is 0 Å². The van der Waals surface area contributed by atoms with Crippen molar-refractivity contribution in [2.75, 3.05) is 26.4 Å². The fourth-order valence-corrected chi connectivity index (χ4v) is 9.96. The molecule has 19 nitrogen and oxygen atoms in total. The zero-order chi connectivity index (χ0) is 52.7. The molecule has 12 N–H and O–H groups in total. The van der Waals surface area contributed by atoms with E-state index in [1.54, 1.807) is 0 Å². The van der Waals surface area contributed by atoms with Gasteiger partial charge < -0.3 is 89.9 Å². The first kappa shape index (κ1) is 65.1. The quantitative estimate of drug-likeness (QED) is 0.0389. The Hall–Kier alpha value is -1.21. The molecule has 0 radical (unpaired) electrons. The van der Waals surface area contributed by atoms with E-state index in [0.717, 1.165) is 44.9 Å². The van der Waals surface area contributed by atoms with Gasteiger partial charge in [0, 0.05) is 6.42 Å². The third-order valence-electron chi connectivity index (χ3n) is 14.7. The van der Waals surface area contributed by atoms with Crippen molar-refractivity contribution in [3.63, 3.8) is 0 Å². The Morgan fingerprint density at radius 2 is 0.792 bits per heavy atom. The summed E-state index contributed by atoms with van der Waals surface area (Å²) in [5.41, 5.74) is 0. The molecule has 0 aromatic carbocycles. The zero-order valence-electron chi connectivity index (χ0n) is 43.9. The van der Waals surface area contributed by atoms with Gasteiger partial charge >= 0.3 is 0 Å². The number of carbonyl (C=O) groups excluding carboxylic acids is 1. The van der Waals surface area contributed by atoms with Crippen molar-refractivity contribution in [1.82, 2.24) is 5.32 Å². The first-order valence-corrected chi connectivity index (χ1v) is 28.3. The maximum absolute atomic E-state index is 13.3. The van der Waals surface area contributed by atoms with E-state index in [0.29, 0.717) is 12.8 Å². The maximum atomic E-state index is 13.3. The standard InChI is InChI=1S/C53H101NO18/c1-3-5-7-9-11-13-14-15-16-17-18-19-20-21-22-23-25-27-29-31-41(59)54-36(37(58)30-28-26-24-12-10-8-6-4-2)35-67-51-47(65)44(62)49(39(33-56)69-51)72-53-48(66)45(63)50(40(34-57)70-53)71-52-46(64)43(61)42(60)38(32-55)68-52/h36-40,42-53,55-58,60-66H,3-35H2,1-2H3,(H,54,59). The van der Waals surface area contributed by atoms with Crippen LogP contribution in [0.25, 0.3) is 0 Å². The minimum atomic E-state index is -1.97. The second kappa shape index (κ2) is 38.4. The molecule has 1 amide bonds. The molecule has 3 saturated heterocycles. The molecule has 0 aromatic heterocycles. The highest BCUT2D eigenvalue weighted by Crippen LogP contribution is 2.33. The summed E-state index contributed by atoms with van der Waals surface area (Å²) in [5.74, 6) is -0.243.